The summed E-state index contributed by atoms with van der Waals surface area (Å²) in [5, 5.41) is 9.18. The molecule has 1 aliphatic heterocycles. The molecule has 0 radical (unpaired) electrons. The number of hydrogen-bond acceptors (Lipinski definition) is 5. The highest BCUT2D eigenvalue weighted by atomic mass is 79.9. The third-order valence-electron chi connectivity index (χ3n) is 3.34. The van der Waals surface area contributed by atoms with Crippen molar-refractivity contribution in [3.63, 3.8) is 0 Å². The molecule has 0 aromatic heterocycles. The molecule has 8 heteroatoms. The smallest absolute Gasteiger partial charge is 0.321 e. The van der Waals surface area contributed by atoms with Crippen LogP contribution in [-0.4, -0.2) is 60.8 Å². The van der Waals surface area contributed by atoms with Gasteiger partial charge in [0.15, 0.2) is 9.84 Å². The Bertz CT molecular complexity index is 603. The van der Waals surface area contributed by atoms with Gasteiger partial charge in [0.2, 0.25) is 0 Å². The van der Waals surface area contributed by atoms with E-state index in [2.05, 4.69) is 15.9 Å². The third-order valence-corrected chi connectivity index (χ3v) is 6.61. The minimum Gasteiger partial charge on any atom is -0.480 e. The predicted molar refractivity (Wildman–Crippen MR) is 86.5 cm³/mol. The fourth-order valence-corrected chi connectivity index (χ4v) is 4.76. The number of aliphatic carboxylic acids is 1. The molecule has 1 fully saturated rings. The first kappa shape index (κ1) is 16.8. The summed E-state index contributed by atoms with van der Waals surface area (Å²) in [6.07, 6.45) is 0. The number of carbonyl (C=O) groups is 1. The lowest BCUT2D eigenvalue weighted by atomic mass is 10.3. The standard InChI is InChI=1S/C13H16BrNO4S2/c14-10-1-3-11(4-2-10)21(18,19)8-6-15-5-7-20-9-12(15)13(16)17/h1-4,12H,5-9H2,(H,16,17). The van der Waals surface area contributed by atoms with E-state index in [1.807, 2.05) is 0 Å². The zero-order valence-electron chi connectivity index (χ0n) is 11.2. The van der Waals surface area contributed by atoms with E-state index in [4.69, 9.17) is 0 Å². The normalized spacial score (nSPS) is 20.3. The second kappa shape index (κ2) is 7.13. The molecule has 1 unspecified atom stereocenters. The molecular formula is C13H16BrNO4S2. The molecule has 1 aromatic rings. The molecule has 1 heterocycles. The third kappa shape index (κ3) is 4.45. The molecule has 0 amide bonds. The van der Waals surface area contributed by atoms with Crippen LogP contribution in [0.25, 0.3) is 0 Å². The van der Waals surface area contributed by atoms with Crippen molar-refractivity contribution >= 4 is 43.5 Å². The Morgan fingerprint density at radius 3 is 2.67 bits per heavy atom. The van der Waals surface area contributed by atoms with E-state index in [0.717, 1.165) is 10.2 Å². The van der Waals surface area contributed by atoms with Crippen molar-refractivity contribution in [3.05, 3.63) is 28.7 Å². The van der Waals surface area contributed by atoms with Crippen LogP contribution in [0.1, 0.15) is 0 Å². The van der Waals surface area contributed by atoms with Crippen molar-refractivity contribution in [1.29, 1.82) is 0 Å². The summed E-state index contributed by atoms with van der Waals surface area (Å²) in [4.78, 5) is 13.2. The maximum atomic E-state index is 12.3. The zero-order valence-corrected chi connectivity index (χ0v) is 14.5. The van der Waals surface area contributed by atoms with Gasteiger partial charge in [0.25, 0.3) is 0 Å². The number of thioether (sulfide) groups is 1. The fraction of sp³-hybridized carbons (Fsp3) is 0.462. The predicted octanol–water partition coefficient (Wildman–Crippen LogP) is 1.72. The average molecular weight is 394 g/mol. The van der Waals surface area contributed by atoms with E-state index in [1.165, 1.54) is 0 Å². The van der Waals surface area contributed by atoms with Gasteiger partial charge in [0, 0.05) is 29.1 Å². The SMILES string of the molecule is O=C(O)C1CSCCN1CCS(=O)(=O)c1ccc(Br)cc1. The summed E-state index contributed by atoms with van der Waals surface area (Å²) >= 11 is 4.86. The number of nitrogens with zero attached hydrogens (tertiary/aromatic N) is 1. The number of carboxylic acids is 1. The number of halogens is 1. The number of sulfone groups is 1. The topological polar surface area (TPSA) is 74.7 Å². The molecule has 1 saturated heterocycles. The summed E-state index contributed by atoms with van der Waals surface area (Å²) in [6.45, 7) is 0.855. The van der Waals surface area contributed by atoms with Gasteiger partial charge in [-0.05, 0) is 24.3 Å². The lowest BCUT2D eigenvalue weighted by Gasteiger charge is -2.32. The Morgan fingerprint density at radius 2 is 2.05 bits per heavy atom. The minimum atomic E-state index is -3.39. The molecule has 1 aliphatic rings. The highest BCUT2D eigenvalue weighted by Gasteiger charge is 2.29. The Hall–Kier alpha value is -0.570. The van der Waals surface area contributed by atoms with Crippen LogP contribution in [0.2, 0.25) is 0 Å². The van der Waals surface area contributed by atoms with Crippen LogP contribution in [0, 0.1) is 0 Å². The van der Waals surface area contributed by atoms with E-state index in [9.17, 15) is 18.3 Å². The molecule has 1 atom stereocenters. The Balaban J connectivity index is 2.03. The molecule has 2 rings (SSSR count). The van der Waals surface area contributed by atoms with E-state index < -0.39 is 21.8 Å². The van der Waals surface area contributed by atoms with Crippen molar-refractivity contribution in [3.8, 4) is 0 Å². The molecule has 116 valence electrons. The Morgan fingerprint density at radius 1 is 1.38 bits per heavy atom. The minimum absolute atomic E-state index is 0.0664. The highest BCUT2D eigenvalue weighted by Crippen LogP contribution is 2.19. The van der Waals surface area contributed by atoms with E-state index in [1.54, 1.807) is 40.9 Å². The molecule has 0 bridgehead atoms. The van der Waals surface area contributed by atoms with E-state index >= 15 is 0 Å². The van der Waals surface area contributed by atoms with Crippen LogP contribution in [0.4, 0.5) is 0 Å². The van der Waals surface area contributed by atoms with Crippen molar-refractivity contribution in [2.75, 3.05) is 30.3 Å². The monoisotopic (exact) mass is 393 g/mol. The van der Waals surface area contributed by atoms with Gasteiger partial charge in [-0.3, -0.25) is 9.69 Å². The van der Waals surface area contributed by atoms with Gasteiger partial charge >= 0.3 is 5.97 Å². The molecule has 5 nitrogen and oxygen atoms in total. The Kier molecular flexibility index (Phi) is 5.70. The first-order chi connectivity index (χ1) is 9.90. The average Bonchev–Trinajstić information content (AvgIpc) is 2.46. The summed E-state index contributed by atoms with van der Waals surface area (Å²) < 4.78 is 25.4. The van der Waals surface area contributed by atoms with Crippen LogP contribution < -0.4 is 0 Å². The number of carboxylic acid groups (broad SMARTS) is 1. The fourth-order valence-electron chi connectivity index (χ4n) is 2.13. The van der Waals surface area contributed by atoms with E-state index in [-0.39, 0.29) is 17.2 Å². The number of hydrogen-bond donors (Lipinski definition) is 1. The first-order valence-electron chi connectivity index (χ1n) is 6.43. The first-order valence-corrected chi connectivity index (χ1v) is 10.0. The molecular weight excluding hydrogens is 378 g/mol. The number of rotatable bonds is 5. The van der Waals surface area contributed by atoms with Crippen molar-refractivity contribution in [2.24, 2.45) is 0 Å². The van der Waals surface area contributed by atoms with Gasteiger partial charge in [-0.15, -0.1) is 0 Å². The summed E-state index contributed by atoms with van der Waals surface area (Å²) in [6, 6.07) is 5.89. The summed E-state index contributed by atoms with van der Waals surface area (Å²) in [5.41, 5.74) is 0. The quantitative estimate of drug-likeness (QED) is 0.820. The molecule has 21 heavy (non-hydrogen) atoms. The van der Waals surface area contributed by atoms with Crippen molar-refractivity contribution < 1.29 is 18.3 Å². The lowest BCUT2D eigenvalue weighted by Crippen LogP contribution is -2.48. The maximum absolute atomic E-state index is 12.3. The number of benzene rings is 1. The van der Waals surface area contributed by atoms with Gasteiger partial charge < -0.3 is 5.11 Å². The van der Waals surface area contributed by atoms with Crippen LogP contribution in [-0.2, 0) is 14.6 Å². The van der Waals surface area contributed by atoms with Gasteiger partial charge in [0.05, 0.1) is 10.6 Å². The molecule has 1 aromatic carbocycles. The second-order valence-electron chi connectivity index (χ2n) is 4.74. The summed E-state index contributed by atoms with van der Waals surface area (Å²) in [7, 11) is -3.39. The largest absolute Gasteiger partial charge is 0.480 e. The van der Waals surface area contributed by atoms with Crippen LogP contribution >= 0.6 is 27.7 Å². The molecule has 0 aliphatic carbocycles. The summed E-state index contributed by atoms with van der Waals surface area (Å²) in [5.74, 6) is 0.391. The van der Waals surface area contributed by atoms with Crippen molar-refractivity contribution in [2.45, 2.75) is 10.9 Å². The zero-order chi connectivity index (χ0) is 15.5. The van der Waals surface area contributed by atoms with Crippen LogP contribution in [0.15, 0.2) is 33.6 Å². The van der Waals surface area contributed by atoms with Gasteiger partial charge in [-0.1, -0.05) is 15.9 Å². The van der Waals surface area contributed by atoms with Crippen LogP contribution in [0.5, 0.6) is 0 Å². The lowest BCUT2D eigenvalue weighted by molar-refractivity contribution is -0.142. The van der Waals surface area contributed by atoms with Gasteiger partial charge in [0.1, 0.15) is 6.04 Å². The highest BCUT2D eigenvalue weighted by molar-refractivity contribution is 9.10. The maximum Gasteiger partial charge on any atom is 0.321 e. The molecule has 0 saturated carbocycles. The van der Waals surface area contributed by atoms with Gasteiger partial charge in [-0.25, -0.2) is 8.42 Å². The van der Waals surface area contributed by atoms with E-state index in [0.29, 0.717) is 12.3 Å². The molecule has 0 spiro atoms. The van der Waals surface area contributed by atoms with Gasteiger partial charge in [-0.2, -0.15) is 11.8 Å². The Labute approximate surface area is 136 Å². The van der Waals surface area contributed by atoms with Crippen molar-refractivity contribution in [1.82, 2.24) is 4.90 Å². The second-order valence-corrected chi connectivity index (χ2v) is 8.91. The molecule has 1 N–H and O–H groups in total. The van der Waals surface area contributed by atoms with Crippen LogP contribution in [0.3, 0.4) is 0 Å².